The maximum Gasteiger partial charge on any atom is 0.291 e. The molecule has 3 saturated heterocycles. The zero-order valence-corrected chi connectivity index (χ0v) is 14.5. The molecule has 0 unspecified atom stereocenters. The van der Waals surface area contributed by atoms with Gasteiger partial charge in [0.2, 0.25) is 5.88 Å². The van der Waals surface area contributed by atoms with Gasteiger partial charge in [0, 0.05) is 18.5 Å². The number of piperidine rings is 3. The molecule has 4 aliphatic heterocycles. The lowest BCUT2D eigenvalue weighted by atomic mass is 9.75. The molecule has 4 fully saturated rings. The molecule has 2 bridgehead atoms. The van der Waals surface area contributed by atoms with E-state index in [0.29, 0.717) is 23.6 Å². The molecule has 0 radical (unpaired) electrons. The van der Waals surface area contributed by atoms with Crippen LogP contribution in [0.15, 0.2) is 17.4 Å². The molecule has 7 heteroatoms. The number of fused-ring (bicyclic) bond motifs is 2. The number of amidine groups is 1. The third-order valence-electron chi connectivity index (χ3n) is 6.08. The van der Waals surface area contributed by atoms with Crippen LogP contribution in [0.2, 0.25) is 0 Å². The van der Waals surface area contributed by atoms with Gasteiger partial charge in [-0.25, -0.2) is 15.0 Å². The molecule has 1 spiro atoms. The van der Waals surface area contributed by atoms with Crippen molar-refractivity contribution in [2.75, 3.05) is 31.5 Å². The molecule has 1 aromatic heterocycles. The van der Waals surface area contributed by atoms with Crippen LogP contribution in [0.1, 0.15) is 38.5 Å². The highest BCUT2D eigenvalue weighted by molar-refractivity contribution is 5.89. The summed E-state index contributed by atoms with van der Waals surface area (Å²) in [7, 11) is 0. The summed E-state index contributed by atoms with van der Waals surface area (Å²) in [6.45, 7) is 4.14. The van der Waals surface area contributed by atoms with Crippen molar-refractivity contribution in [1.82, 2.24) is 14.9 Å². The Balaban J connectivity index is 1.24. The highest BCUT2D eigenvalue weighted by Crippen LogP contribution is 2.40. The van der Waals surface area contributed by atoms with Gasteiger partial charge in [-0.2, -0.15) is 0 Å². The quantitative estimate of drug-likeness (QED) is 0.906. The number of nitrogens with zero attached hydrogens (tertiary/aromatic N) is 4. The van der Waals surface area contributed by atoms with Crippen LogP contribution in [0, 0.1) is 5.92 Å². The molecule has 134 valence electrons. The molecule has 0 amide bonds. The number of hydrogen-bond acceptors (Lipinski definition) is 7. The molecule has 1 aromatic rings. The maximum atomic E-state index is 6.30. The predicted molar refractivity (Wildman–Crippen MR) is 93.8 cm³/mol. The van der Waals surface area contributed by atoms with Crippen molar-refractivity contribution in [2.24, 2.45) is 10.9 Å². The van der Waals surface area contributed by atoms with Crippen molar-refractivity contribution >= 4 is 11.8 Å². The fraction of sp³-hybridized carbons (Fsp3) is 0.722. The monoisotopic (exact) mass is 343 g/mol. The lowest BCUT2D eigenvalue weighted by Crippen LogP contribution is -2.61. The van der Waals surface area contributed by atoms with Gasteiger partial charge in [-0.1, -0.05) is 0 Å². The van der Waals surface area contributed by atoms with Gasteiger partial charge in [0.25, 0.3) is 6.02 Å². The number of aliphatic imine (C=N–C) groups is 1. The van der Waals surface area contributed by atoms with Gasteiger partial charge in [-0.15, -0.1) is 0 Å². The lowest BCUT2D eigenvalue weighted by Gasteiger charge is -2.50. The summed E-state index contributed by atoms with van der Waals surface area (Å²) in [4.78, 5) is 15.6. The van der Waals surface area contributed by atoms with Crippen LogP contribution >= 0.6 is 0 Å². The first-order valence-corrected chi connectivity index (χ1v) is 9.51. The van der Waals surface area contributed by atoms with Crippen LogP contribution < -0.4 is 10.1 Å². The lowest BCUT2D eigenvalue weighted by molar-refractivity contribution is -0.0829. The van der Waals surface area contributed by atoms with E-state index in [2.05, 4.69) is 25.2 Å². The standard InChI is InChI=1S/C18H25N5O2/c1-2-4-14(3-1)24-16-9-15(20-12-21-16)22-17-19-10-18(25-17)11-23-7-5-13(18)6-8-23/h9,12-14H,1-8,10-11H2,(H,19,20,21,22)/t18-/m0/s1. The average molecular weight is 343 g/mol. The van der Waals surface area contributed by atoms with Crippen molar-refractivity contribution in [1.29, 1.82) is 0 Å². The topological polar surface area (TPSA) is 71.9 Å². The molecule has 1 N–H and O–H groups in total. The summed E-state index contributed by atoms with van der Waals surface area (Å²) in [5.74, 6) is 1.92. The smallest absolute Gasteiger partial charge is 0.291 e. The van der Waals surface area contributed by atoms with Crippen molar-refractivity contribution in [3.8, 4) is 5.88 Å². The third kappa shape index (κ3) is 2.94. The molecule has 5 heterocycles. The Kier molecular flexibility index (Phi) is 3.77. The van der Waals surface area contributed by atoms with Gasteiger partial charge in [0.05, 0.1) is 6.54 Å². The summed E-state index contributed by atoms with van der Waals surface area (Å²) in [6.07, 6.45) is 8.97. The minimum atomic E-state index is -0.130. The number of anilines is 1. The van der Waals surface area contributed by atoms with E-state index >= 15 is 0 Å². The largest absolute Gasteiger partial charge is 0.474 e. The van der Waals surface area contributed by atoms with Crippen LogP contribution in [0.3, 0.4) is 0 Å². The summed E-state index contributed by atoms with van der Waals surface area (Å²) in [5, 5.41) is 3.22. The van der Waals surface area contributed by atoms with E-state index < -0.39 is 0 Å². The summed E-state index contributed by atoms with van der Waals surface area (Å²) >= 11 is 0. The number of hydrogen-bond donors (Lipinski definition) is 1. The zero-order valence-electron chi connectivity index (χ0n) is 14.5. The first kappa shape index (κ1) is 15.4. The van der Waals surface area contributed by atoms with E-state index in [0.717, 1.165) is 25.9 Å². The Hall–Kier alpha value is -1.89. The Morgan fingerprint density at radius 2 is 2.00 bits per heavy atom. The van der Waals surface area contributed by atoms with E-state index in [9.17, 15) is 0 Å². The summed E-state index contributed by atoms with van der Waals surface area (Å²) < 4.78 is 12.2. The minimum Gasteiger partial charge on any atom is -0.474 e. The second-order valence-corrected chi connectivity index (χ2v) is 7.73. The number of rotatable bonds is 3. The molecule has 1 aliphatic carbocycles. The van der Waals surface area contributed by atoms with Gasteiger partial charge in [-0.05, 0) is 51.6 Å². The second-order valence-electron chi connectivity index (χ2n) is 7.73. The van der Waals surface area contributed by atoms with Crippen LogP contribution in [-0.4, -0.2) is 58.8 Å². The number of nitrogens with one attached hydrogen (secondary N) is 1. The Bertz CT molecular complexity index is 667. The van der Waals surface area contributed by atoms with Crippen molar-refractivity contribution in [2.45, 2.75) is 50.2 Å². The molecule has 1 saturated carbocycles. The highest BCUT2D eigenvalue weighted by atomic mass is 16.5. The maximum absolute atomic E-state index is 6.30. The van der Waals surface area contributed by atoms with Crippen molar-refractivity contribution in [3.63, 3.8) is 0 Å². The van der Waals surface area contributed by atoms with E-state index in [1.165, 1.54) is 45.1 Å². The first-order valence-electron chi connectivity index (χ1n) is 9.51. The van der Waals surface area contributed by atoms with Gasteiger partial charge in [0.15, 0.2) is 0 Å². The fourth-order valence-corrected chi connectivity index (χ4v) is 4.71. The zero-order chi connectivity index (χ0) is 16.7. The Labute approximate surface area is 147 Å². The molecule has 25 heavy (non-hydrogen) atoms. The van der Waals surface area contributed by atoms with Gasteiger partial charge in [-0.3, -0.25) is 10.2 Å². The van der Waals surface area contributed by atoms with Crippen molar-refractivity contribution in [3.05, 3.63) is 12.4 Å². The highest BCUT2D eigenvalue weighted by Gasteiger charge is 2.51. The van der Waals surface area contributed by atoms with Gasteiger partial charge < -0.3 is 9.47 Å². The van der Waals surface area contributed by atoms with Crippen LogP contribution in [-0.2, 0) is 4.74 Å². The van der Waals surface area contributed by atoms with E-state index in [1.807, 2.05) is 6.07 Å². The fourth-order valence-electron chi connectivity index (χ4n) is 4.71. The Morgan fingerprint density at radius 1 is 1.16 bits per heavy atom. The van der Waals surface area contributed by atoms with Gasteiger partial charge >= 0.3 is 0 Å². The molecule has 5 aliphatic rings. The summed E-state index contributed by atoms with van der Waals surface area (Å²) in [5.41, 5.74) is -0.130. The SMILES string of the molecule is c1nc(NC2=NC[C@@]3(CN4CCC3CC4)O2)cc(OC2CCCC2)n1. The van der Waals surface area contributed by atoms with E-state index in [4.69, 9.17) is 9.47 Å². The normalized spacial score (nSPS) is 34.2. The van der Waals surface area contributed by atoms with E-state index in [1.54, 1.807) is 0 Å². The van der Waals surface area contributed by atoms with E-state index in [-0.39, 0.29) is 11.7 Å². The van der Waals surface area contributed by atoms with Crippen molar-refractivity contribution < 1.29 is 9.47 Å². The number of ether oxygens (including phenoxy) is 2. The molecule has 7 nitrogen and oxygen atoms in total. The predicted octanol–water partition coefficient (Wildman–Crippen LogP) is 2.06. The van der Waals surface area contributed by atoms with Crippen LogP contribution in [0.5, 0.6) is 5.88 Å². The average Bonchev–Trinajstić information content (AvgIpc) is 3.27. The number of aromatic nitrogens is 2. The third-order valence-corrected chi connectivity index (χ3v) is 6.08. The molecule has 6 rings (SSSR count). The summed E-state index contributed by atoms with van der Waals surface area (Å²) in [6, 6.07) is 2.42. The Morgan fingerprint density at radius 3 is 2.76 bits per heavy atom. The first-order chi connectivity index (χ1) is 12.3. The van der Waals surface area contributed by atoms with Crippen LogP contribution in [0.4, 0.5) is 5.82 Å². The molecular formula is C18H25N5O2. The molecule has 0 aromatic carbocycles. The second kappa shape index (κ2) is 6.12. The molecular weight excluding hydrogens is 318 g/mol. The van der Waals surface area contributed by atoms with Crippen LogP contribution in [0.25, 0.3) is 0 Å². The molecule has 1 atom stereocenters. The van der Waals surface area contributed by atoms with Gasteiger partial charge in [0.1, 0.15) is 23.9 Å². The minimum absolute atomic E-state index is 0.130.